The standard InChI is InChI=1S/C36H49F3O7/c1-23(21-40)34(43)45-31-18-30(19-32(20-31)46-35(44)33(42)22-41)29-15-13-28(14-16-29)27-11-9-26(10-12-27)25-7-5-24(6-8-25)4-2-3-17-36(37,38)39/h13-16,19-20,24-27,31,33-34,40-43H,1-12,17-18,21-22H2. The van der Waals surface area contributed by atoms with E-state index < -0.39 is 50.3 Å². The summed E-state index contributed by atoms with van der Waals surface area (Å²) in [4.78, 5) is 12.1. The van der Waals surface area contributed by atoms with Crippen molar-refractivity contribution in [1.82, 2.24) is 0 Å². The fourth-order valence-corrected chi connectivity index (χ4v) is 7.29. The molecule has 0 radical (unpaired) electrons. The molecule has 1 aromatic carbocycles. The lowest BCUT2D eigenvalue weighted by molar-refractivity contribution is -0.150. The van der Waals surface area contributed by atoms with E-state index in [9.17, 15) is 33.3 Å². The molecule has 1 aromatic rings. The number of alkyl halides is 3. The molecular weight excluding hydrogens is 601 g/mol. The number of benzene rings is 1. The first-order chi connectivity index (χ1) is 22.0. The van der Waals surface area contributed by atoms with Crippen LogP contribution in [0.1, 0.15) is 101 Å². The number of ether oxygens (including phenoxy) is 2. The van der Waals surface area contributed by atoms with Crippen LogP contribution in [0.15, 0.2) is 54.3 Å². The van der Waals surface area contributed by atoms with Crippen LogP contribution in [0.25, 0.3) is 5.57 Å². The predicted molar refractivity (Wildman–Crippen MR) is 168 cm³/mol. The molecule has 4 rings (SSSR count). The second kappa shape index (κ2) is 17.1. The van der Waals surface area contributed by atoms with Crippen molar-refractivity contribution >= 4 is 11.5 Å². The number of carbonyl (C=O) groups excluding carboxylic acids is 1. The smallest absolute Gasteiger partial charge is 0.389 e. The van der Waals surface area contributed by atoms with Crippen LogP contribution in [-0.4, -0.2) is 64.3 Å². The molecule has 3 aliphatic rings. The maximum absolute atomic E-state index is 12.4. The summed E-state index contributed by atoms with van der Waals surface area (Å²) >= 11 is 0. The second-order valence-corrected chi connectivity index (χ2v) is 13.3. The van der Waals surface area contributed by atoms with Crippen LogP contribution in [0.4, 0.5) is 13.2 Å². The Balaban J connectivity index is 1.29. The minimum absolute atomic E-state index is 0.0869. The van der Waals surface area contributed by atoms with Gasteiger partial charge in [-0.25, -0.2) is 4.79 Å². The molecule has 0 heterocycles. The zero-order chi connectivity index (χ0) is 33.3. The molecule has 0 saturated heterocycles. The van der Waals surface area contributed by atoms with E-state index in [1.54, 1.807) is 6.08 Å². The summed E-state index contributed by atoms with van der Waals surface area (Å²) < 4.78 is 48.2. The Morgan fingerprint density at radius 1 is 0.935 bits per heavy atom. The topological polar surface area (TPSA) is 116 Å². The van der Waals surface area contributed by atoms with Crippen LogP contribution in [0.2, 0.25) is 0 Å². The van der Waals surface area contributed by atoms with Crippen LogP contribution in [-0.2, 0) is 14.3 Å². The highest BCUT2D eigenvalue weighted by atomic mass is 19.4. The second-order valence-electron chi connectivity index (χ2n) is 13.3. The largest absolute Gasteiger partial charge is 0.425 e. The average molecular weight is 651 g/mol. The maximum Gasteiger partial charge on any atom is 0.389 e. The molecule has 2 saturated carbocycles. The molecule has 3 atom stereocenters. The van der Waals surface area contributed by atoms with Crippen LogP contribution in [0.3, 0.4) is 0 Å². The van der Waals surface area contributed by atoms with Gasteiger partial charge in [-0.3, -0.25) is 0 Å². The first-order valence-corrected chi connectivity index (χ1v) is 16.7. The number of aliphatic hydroxyl groups is 4. The van der Waals surface area contributed by atoms with Crippen molar-refractivity contribution < 1.29 is 47.9 Å². The zero-order valence-electron chi connectivity index (χ0n) is 26.5. The lowest BCUT2D eigenvalue weighted by atomic mass is 9.68. The molecule has 7 nitrogen and oxygen atoms in total. The van der Waals surface area contributed by atoms with Gasteiger partial charge < -0.3 is 29.9 Å². The number of esters is 1. The van der Waals surface area contributed by atoms with Gasteiger partial charge in [0.25, 0.3) is 0 Å². The van der Waals surface area contributed by atoms with Gasteiger partial charge >= 0.3 is 12.1 Å². The molecule has 0 bridgehead atoms. The summed E-state index contributed by atoms with van der Waals surface area (Å²) in [5.74, 6) is 1.61. The Kier molecular flexibility index (Phi) is 13.5. The van der Waals surface area contributed by atoms with E-state index in [0.29, 0.717) is 24.7 Å². The molecule has 0 aliphatic heterocycles. The van der Waals surface area contributed by atoms with Crippen molar-refractivity contribution in [3.63, 3.8) is 0 Å². The summed E-state index contributed by atoms with van der Waals surface area (Å²) in [6.45, 7) is 2.36. The van der Waals surface area contributed by atoms with Gasteiger partial charge in [-0.1, -0.05) is 56.5 Å². The van der Waals surface area contributed by atoms with Gasteiger partial charge in [-0.2, -0.15) is 13.2 Å². The number of carbonyl (C=O) groups is 1. The number of aliphatic hydroxyl groups excluding tert-OH is 4. The van der Waals surface area contributed by atoms with E-state index in [1.165, 1.54) is 37.3 Å². The van der Waals surface area contributed by atoms with Crippen molar-refractivity contribution in [2.24, 2.45) is 17.8 Å². The Morgan fingerprint density at radius 2 is 1.57 bits per heavy atom. The number of allylic oxidation sites excluding steroid dienone is 1. The molecular formula is C36H49F3O7. The van der Waals surface area contributed by atoms with Crippen molar-refractivity contribution in [2.45, 2.75) is 114 Å². The lowest BCUT2D eigenvalue weighted by Gasteiger charge is -2.38. The highest BCUT2D eigenvalue weighted by molar-refractivity contribution is 5.77. The fourth-order valence-electron chi connectivity index (χ4n) is 7.29. The normalized spacial score (nSPS) is 26.9. The molecule has 0 spiro atoms. The van der Waals surface area contributed by atoms with Gasteiger partial charge in [0, 0.05) is 18.4 Å². The summed E-state index contributed by atoms with van der Waals surface area (Å²) in [6.07, 6.45) is 6.19. The molecule has 0 aromatic heterocycles. The molecule has 3 unspecified atom stereocenters. The number of rotatable bonds is 14. The van der Waals surface area contributed by atoms with Crippen LogP contribution < -0.4 is 0 Å². The SMILES string of the molecule is C=C(CO)C(O)OC1C=C(OC(=O)C(O)CO)C=C(c2ccc(C3CCC(C4CCC(CCCCC(F)(F)F)CC4)CC3)cc2)C1. The summed E-state index contributed by atoms with van der Waals surface area (Å²) in [5.41, 5.74) is 3.04. The Morgan fingerprint density at radius 3 is 2.15 bits per heavy atom. The summed E-state index contributed by atoms with van der Waals surface area (Å²) in [7, 11) is 0. The Labute approximate surface area is 269 Å². The van der Waals surface area contributed by atoms with Crippen molar-refractivity contribution in [2.75, 3.05) is 13.2 Å². The van der Waals surface area contributed by atoms with Crippen LogP contribution in [0, 0.1) is 17.8 Å². The first-order valence-electron chi connectivity index (χ1n) is 16.7. The minimum Gasteiger partial charge on any atom is -0.425 e. The van der Waals surface area contributed by atoms with Crippen LogP contribution >= 0.6 is 0 Å². The third-order valence-corrected chi connectivity index (χ3v) is 10.0. The predicted octanol–water partition coefficient (Wildman–Crippen LogP) is 6.71. The van der Waals surface area contributed by atoms with Crippen molar-refractivity contribution in [1.29, 1.82) is 0 Å². The monoisotopic (exact) mass is 650 g/mol. The van der Waals surface area contributed by atoms with Crippen LogP contribution in [0.5, 0.6) is 0 Å². The average Bonchev–Trinajstić information content (AvgIpc) is 3.05. The summed E-state index contributed by atoms with van der Waals surface area (Å²) in [5, 5.41) is 38.3. The van der Waals surface area contributed by atoms with Crippen molar-refractivity contribution in [3.8, 4) is 0 Å². The van der Waals surface area contributed by atoms with E-state index in [1.807, 2.05) is 12.1 Å². The molecule has 10 heteroatoms. The zero-order valence-corrected chi connectivity index (χ0v) is 26.5. The molecule has 2 fully saturated rings. The van der Waals surface area contributed by atoms with Gasteiger partial charge in [-0.15, -0.1) is 0 Å². The maximum atomic E-state index is 12.4. The third kappa shape index (κ3) is 10.8. The van der Waals surface area contributed by atoms with Gasteiger partial charge in [0.15, 0.2) is 12.4 Å². The van der Waals surface area contributed by atoms with E-state index in [2.05, 4.69) is 18.7 Å². The Bertz CT molecular complexity index is 1190. The van der Waals surface area contributed by atoms with Gasteiger partial charge in [-0.05, 0) is 97.5 Å². The van der Waals surface area contributed by atoms with Gasteiger partial charge in [0.2, 0.25) is 0 Å². The number of halogens is 3. The van der Waals surface area contributed by atoms with E-state index in [-0.39, 0.29) is 17.8 Å². The fraction of sp³-hybridized carbons (Fsp3) is 0.639. The molecule has 46 heavy (non-hydrogen) atoms. The number of hydrogen-bond donors (Lipinski definition) is 4. The highest BCUT2D eigenvalue weighted by Gasteiger charge is 2.32. The quantitative estimate of drug-likeness (QED) is 0.0766. The molecule has 0 amide bonds. The lowest BCUT2D eigenvalue weighted by Crippen LogP contribution is -2.28. The van der Waals surface area contributed by atoms with E-state index >= 15 is 0 Å². The first kappa shape index (κ1) is 36.3. The Hall–Kier alpha value is -2.50. The van der Waals surface area contributed by atoms with Gasteiger partial charge in [0.05, 0.1) is 19.3 Å². The number of unbranched alkanes of at least 4 members (excludes halogenated alkanes) is 1. The third-order valence-electron chi connectivity index (χ3n) is 10.0. The minimum atomic E-state index is -4.04. The van der Waals surface area contributed by atoms with E-state index in [4.69, 9.17) is 14.6 Å². The van der Waals surface area contributed by atoms with Gasteiger partial charge in [0.1, 0.15) is 5.76 Å². The molecule has 4 N–H and O–H groups in total. The molecule has 3 aliphatic carbocycles. The summed E-state index contributed by atoms with van der Waals surface area (Å²) in [6, 6.07) is 8.30. The van der Waals surface area contributed by atoms with E-state index in [0.717, 1.165) is 55.1 Å². The highest BCUT2D eigenvalue weighted by Crippen LogP contribution is 2.45. The van der Waals surface area contributed by atoms with Crippen molar-refractivity contribution in [3.05, 3.63) is 65.5 Å². The number of hydrogen-bond acceptors (Lipinski definition) is 7. The molecule has 256 valence electrons.